The van der Waals surface area contributed by atoms with Gasteiger partial charge in [0.05, 0.1) is 25.8 Å². The van der Waals surface area contributed by atoms with E-state index in [-0.39, 0.29) is 11.9 Å². The van der Waals surface area contributed by atoms with Gasteiger partial charge in [-0.25, -0.2) is 4.39 Å². The fraction of sp³-hybridized carbons (Fsp3) is 0.409. The Kier molecular flexibility index (Phi) is 8.27. The molecular weight excluding hydrogens is 371 g/mol. The fourth-order valence-electron chi connectivity index (χ4n) is 3.33. The van der Waals surface area contributed by atoms with Gasteiger partial charge in [0.25, 0.3) is 0 Å². The van der Waals surface area contributed by atoms with Crippen molar-refractivity contribution in [2.45, 2.75) is 6.04 Å². The van der Waals surface area contributed by atoms with Crippen molar-refractivity contribution in [3.8, 4) is 5.75 Å². The second-order valence-corrected chi connectivity index (χ2v) is 6.76. The minimum atomic E-state index is -0.221. The lowest BCUT2D eigenvalue weighted by atomic mass is 10.0. The van der Waals surface area contributed by atoms with E-state index in [1.807, 2.05) is 36.4 Å². The summed E-state index contributed by atoms with van der Waals surface area (Å²) in [5, 5.41) is 6.62. The first kappa shape index (κ1) is 21.1. The van der Waals surface area contributed by atoms with Crippen molar-refractivity contribution in [2.75, 3.05) is 53.0 Å². The molecule has 2 N–H and O–H groups in total. The molecule has 0 radical (unpaired) electrons. The molecule has 2 aromatic rings. The molecule has 1 aliphatic heterocycles. The molecule has 29 heavy (non-hydrogen) atoms. The Balaban J connectivity index is 1.52. The fourth-order valence-corrected chi connectivity index (χ4v) is 3.33. The highest BCUT2D eigenvalue weighted by atomic mass is 19.1. The van der Waals surface area contributed by atoms with Crippen molar-refractivity contribution in [1.82, 2.24) is 15.5 Å². The van der Waals surface area contributed by atoms with Gasteiger partial charge in [-0.05, 0) is 29.8 Å². The van der Waals surface area contributed by atoms with E-state index in [4.69, 9.17) is 9.47 Å². The van der Waals surface area contributed by atoms with Gasteiger partial charge in [-0.1, -0.05) is 30.3 Å². The summed E-state index contributed by atoms with van der Waals surface area (Å²) in [6, 6.07) is 16.5. The zero-order chi connectivity index (χ0) is 20.3. The summed E-state index contributed by atoms with van der Waals surface area (Å²) in [4.78, 5) is 6.60. The Morgan fingerprint density at radius 1 is 1.14 bits per heavy atom. The topological polar surface area (TPSA) is 58.1 Å². The highest BCUT2D eigenvalue weighted by molar-refractivity contribution is 5.79. The van der Waals surface area contributed by atoms with E-state index in [2.05, 4.69) is 20.5 Å². The summed E-state index contributed by atoms with van der Waals surface area (Å²) in [6.45, 7) is 4.78. The third kappa shape index (κ3) is 6.73. The predicted molar refractivity (Wildman–Crippen MR) is 113 cm³/mol. The molecule has 1 unspecified atom stereocenters. The molecule has 3 rings (SSSR count). The number of nitrogens with one attached hydrogen (secondary N) is 2. The second-order valence-electron chi connectivity index (χ2n) is 6.76. The molecule has 6 nitrogen and oxygen atoms in total. The number of nitrogens with zero attached hydrogens (tertiary/aromatic N) is 2. The molecule has 0 aromatic heterocycles. The van der Waals surface area contributed by atoms with Crippen LogP contribution in [0.1, 0.15) is 11.6 Å². The molecule has 0 aliphatic carbocycles. The third-order valence-corrected chi connectivity index (χ3v) is 4.81. The van der Waals surface area contributed by atoms with Crippen LogP contribution in [-0.2, 0) is 4.74 Å². The molecule has 2 aromatic carbocycles. The molecule has 0 spiro atoms. The number of morpholine rings is 1. The van der Waals surface area contributed by atoms with Crippen molar-refractivity contribution in [1.29, 1.82) is 0 Å². The number of ether oxygens (including phenoxy) is 2. The van der Waals surface area contributed by atoms with Gasteiger partial charge in [-0.3, -0.25) is 9.89 Å². The third-order valence-electron chi connectivity index (χ3n) is 4.81. The smallest absolute Gasteiger partial charge is 0.191 e. The first-order valence-electron chi connectivity index (χ1n) is 9.96. The number of guanidine groups is 1. The molecule has 1 atom stereocenters. The number of aliphatic imine (C=N–C) groups is 1. The number of hydrogen-bond acceptors (Lipinski definition) is 4. The normalized spacial score (nSPS) is 16.3. The maximum atomic E-state index is 13.8. The molecule has 0 bridgehead atoms. The van der Waals surface area contributed by atoms with Crippen molar-refractivity contribution < 1.29 is 13.9 Å². The molecule has 1 heterocycles. The van der Waals surface area contributed by atoms with Crippen LogP contribution in [0, 0.1) is 5.82 Å². The van der Waals surface area contributed by atoms with Gasteiger partial charge in [0.15, 0.2) is 5.96 Å². The van der Waals surface area contributed by atoms with Crippen LogP contribution >= 0.6 is 0 Å². The minimum absolute atomic E-state index is 0.0359. The van der Waals surface area contributed by atoms with E-state index < -0.39 is 0 Å². The second kappa shape index (κ2) is 11.4. The molecule has 0 saturated carbocycles. The summed E-state index contributed by atoms with van der Waals surface area (Å²) in [5.41, 5.74) is 0.947. The van der Waals surface area contributed by atoms with Gasteiger partial charge in [0.2, 0.25) is 0 Å². The zero-order valence-corrected chi connectivity index (χ0v) is 16.8. The molecular formula is C22H29FN4O2. The standard InChI is InChI=1S/C22H29FN4O2/c1-24-22(25-10-13-29-20-8-3-2-4-9-20)26-17-21(27-11-14-28-15-12-27)18-6-5-7-19(23)16-18/h2-9,16,21H,10-15,17H2,1H3,(H2,24,25,26). The molecule has 156 valence electrons. The first-order chi connectivity index (χ1) is 14.3. The SMILES string of the molecule is CN=C(NCCOc1ccccc1)NCC(c1cccc(F)c1)N1CCOCC1. The zero-order valence-electron chi connectivity index (χ0n) is 16.8. The molecule has 7 heteroatoms. The van der Waals surface area contributed by atoms with E-state index in [1.165, 1.54) is 6.07 Å². The van der Waals surface area contributed by atoms with Gasteiger partial charge in [0, 0.05) is 26.7 Å². The Morgan fingerprint density at radius 2 is 1.93 bits per heavy atom. The Morgan fingerprint density at radius 3 is 2.66 bits per heavy atom. The Hall–Kier alpha value is -2.64. The van der Waals surface area contributed by atoms with E-state index in [1.54, 1.807) is 19.2 Å². The van der Waals surface area contributed by atoms with Crippen molar-refractivity contribution in [2.24, 2.45) is 4.99 Å². The van der Waals surface area contributed by atoms with Crippen LogP contribution in [0.2, 0.25) is 0 Å². The highest BCUT2D eigenvalue weighted by Gasteiger charge is 2.23. The van der Waals surface area contributed by atoms with Gasteiger partial charge >= 0.3 is 0 Å². The van der Waals surface area contributed by atoms with Crippen LogP contribution in [0.15, 0.2) is 59.6 Å². The first-order valence-corrected chi connectivity index (χ1v) is 9.96. The highest BCUT2D eigenvalue weighted by Crippen LogP contribution is 2.22. The monoisotopic (exact) mass is 400 g/mol. The number of rotatable bonds is 8. The van der Waals surface area contributed by atoms with Crippen LogP contribution in [0.5, 0.6) is 5.75 Å². The van der Waals surface area contributed by atoms with E-state index >= 15 is 0 Å². The number of halogens is 1. The molecule has 1 fully saturated rings. The van der Waals surface area contributed by atoms with Gasteiger partial charge in [0.1, 0.15) is 18.2 Å². The summed E-state index contributed by atoms with van der Waals surface area (Å²) in [5.74, 6) is 1.31. The Bertz CT molecular complexity index is 766. The summed E-state index contributed by atoms with van der Waals surface area (Å²) < 4.78 is 25.0. The van der Waals surface area contributed by atoms with Crippen LogP contribution in [-0.4, -0.2) is 63.9 Å². The van der Waals surface area contributed by atoms with E-state index in [0.29, 0.717) is 38.9 Å². The largest absolute Gasteiger partial charge is 0.492 e. The number of hydrogen-bond donors (Lipinski definition) is 2. The van der Waals surface area contributed by atoms with Crippen LogP contribution in [0.3, 0.4) is 0 Å². The molecule has 0 amide bonds. The quantitative estimate of drug-likeness (QED) is 0.405. The molecule has 1 saturated heterocycles. The van der Waals surface area contributed by atoms with E-state index in [0.717, 1.165) is 24.4 Å². The minimum Gasteiger partial charge on any atom is -0.492 e. The maximum absolute atomic E-state index is 13.8. The van der Waals surface area contributed by atoms with Gasteiger partial charge in [-0.2, -0.15) is 0 Å². The maximum Gasteiger partial charge on any atom is 0.191 e. The average molecular weight is 400 g/mol. The average Bonchev–Trinajstić information content (AvgIpc) is 2.77. The van der Waals surface area contributed by atoms with Crippen LogP contribution in [0.4, 0.5) is 4.39 Å². The van der Waals surface area contributed by atoms with E-state index in [9.17, 15) is 4.39 Å². The summed E-state index contributed by atoms with van der Waals surface area (Å²) >= 11 is 0. The van der Waals surface area contributed by atoms with Crippen LogP contribution in [0.25, 0.3) is 0 Å². The van der Waals surface area contributed by atoms with Gasteiger partial charge < -0.3 is 20.1 Å². The number of benzene rings is 2. The van der Waals surface area contributed by atoms with Crippen molar-refractivity contribution in [3.63, 3.8) is 0 Å². The summed E-state index contributed by atoms with van der Waals surface area (Å²) in [7, 11) is 1.74. The van der Waals surface area contributed by atoms with Crippen molar-refractivity contribution >= 4 is 5.96 Å². The predicted octanol–water partition coefficient (Wildman–Crippen LogP) is 2.44. The summed E-state index contributed by atoms with van der Waals surface area (Å²) in [6.07, 6.45) is 0. The lowest BCUT2D eigenvalue weighted by molar-refractivity contribution is 0.0169. The Labute approximate surface area is 171 Å². The van der Waals surface area contributed by atoms with Crippen molar-refractivity contribution in [3.05, 3.63) is 66.0 Å². The number of para-hydroxylation sites is 1. The van der Waals surface area contributed by atoms with Gasteiger partial charge in [-0.15, -0.1) is 0 Å². The lowest BCUT2D eigenvalue weighted by Crippen LogP contribution is -2.46. The van der Waals surface area contributed by atoms with Crippen LogP contribution < -0.4 is 15.4 Å². The molecule has 1 aliphatic rings. The lowest BCUT2D eigenvalue weighted by Gasteiger charge is -2.35.